The number of aliphatic hydroxyl groups excluding tert-OH is 1. The highest BCUT2D eigenvalue weighted by molar-refractivity contribution is 6.03. The Bertz CT molecular complexity index is 1740. The van der Waals surface area contributed by atoms with Crippen molar-refractivity contribution in [1.29, 1.82) is 0 Å². The monoisotopic (exact) mass is 670 g/mol. The lowest BCUT2D eigenvalue weighted by Crippen LogP contribution is -2.59. The molecule has 260 valence electrons. The zero-order valence-electron chi connectivity index (χ0n) is 28.7. The molecule has 2 bridgehead atoms. The number of ether oxygens (including phenoxy) is 2. The van der Waals surface area contributed by atoms with Gasteiger partial charge in [0.05, 0.1) is 42.2 Å². The molecule has 2 unspecified atom stereocenters. The van der Waals surface area contributed by atoms with Crippen LogP contribution in [0.15, 0.2) is 73.8 Å². The minimum atomic E-state index is -1.28. The predicted octanol–water partition coefficient (Wildman–Crippen LogP) is 3.80. The molecular formula is C37H46N6O6. The van der Waals surface area contributed by atoms with E-state index in [1.54, 1.807) is 38.8 Å². The van der Waals surface area contributed by atoms with Crippen LogP contribution in [0.1, 0.15) is 40.5 Å². The van der Waals surface area contributed by atoms with Crippen molar-refractivity contribution in [2.45, 2.75) is 70.5 Å². The number of nitrogens with zero attached hydrogens (tertiary/aromatic N) is 6. The second-order valence-corrected chi connectivity index (χ2v) is 13.7. The summed E-state index contributed by atoms with van der Waals surface area (Å²) in [6.45, 7) is 16.0. The van der Waals surface area contributed by atoms with E-state index in [1.165, 1.54) is 4.90 Å². The summed E-state index contributed by atoms with van der Waals surface area (Å²) in [5.41, 5.74) is -0.202. The number of likely N-dealkylation sites (tertiary alicyclic amines) is 1. The molecule has 12 nitrogen and oxygen atoms in total. The maximum absolute atomic E-state index is 15.0. The third kappa shape index (κ3) is 5.60. The van der Waals surface area contributed by atoms with Crippen molar-refractivity contribution in [3.05, 3.63) is 73.8 Å². The molecule has 0 aliphatic carbocycles. The van der Waals surface area contributed by atoms with Gasteiger partial charge in [-0.3, -0.25) is 14.4 Å². The number of carbonyl (C=O) groups excluding carboxylic acids is 3. The minimum absolute atomic E-state index is 0.0561. The van der Waals surface area contributed by atoms with Gasteiger partial charge in [-0.25, -0.2) is 4.68 Å². The van der Waals surface area contributed by atoms with E-state index in [9.17, 15) is 19.5 Å². The van der Waals surface area contributed by atoms with Crippen LogP contribution in [-0.4, -0.2) is 97.2 Å². The third-order valence-electron chi connectivity index (χ3n) is 10.5. The molecule has 3 fully saturated rings. The van der Waals surface area contributed by atoms with Crippen molar-refractivity contribution >= 4 is 34.4 Å². The molecular weight excluding hydrogens is 624 g/mol. The van der Waals surface area contributed by atoms with Gasteiger partial charge in [-0.2, -0.15) is 0 Å². The molecule has 49 heavy (non-hydrogen) atoms. The van der Waals surface area contributed by atoms with Crippen LogP contribution in [0.2, 0.25) is 0 Å². The van der Waals surface area contributed by atoms with E-state index in [-0.39, 0.29) is 50.0 Å². The number of aromatic nitrogens is 3. The Balaban J connectivity index is 1.42. The molecule has 3 aromatic rings. The van der Waals surface area contributed by atoms with Gasteiger partial charge in [0.25, 0.3) is 0 Å². The van der Waals surface area contributed by atoms with E-state index in [4.69, 9.17) is 9.47 Å². The zero-order valence-corrected chi connectivity index (χ0v) is 28.7. The summed E-state index contributed by atoms with van der Waals surface area (Å²) in [6, 6.07) is 13.0. The van der Waals surface area contributed by atoms with Gasteiger partial charge < -0.3 is 29.3 Å². The van der Waals surface area contributed by atoms with E-state index in [0.717, 1.165) is 5.52 Å². The maximum Gasteiger partial charge on any atom is 0.250 e. The molecule has 0 saturated carbocycles. The number of aliphatic hydroxyl groups is 1. The van der Waals surface area contributed by atoms with Gasteiger partial charge in [0, 0.05) is 18.8 Å². The maximum atomic E-state index is 15.0. The average Bonchev–Trinajstić information content (AvgIpc) is 3.79. The van der Waals surface area contributed by atoms with Gasteiger partial charge in [0.15, 0.2) is 0 Å². The van der Waals surface area contributed by atoms with Gasteiger partial charge in [0.1, 0.15) is 29.6 Å². The molecule has 1 aromatic heterocycles. The molecule has 0 radical (unpaired) electrons. The van der Waals surface area contributed by atoms with Crippen molar-refractivity contribution in [3.8, 4) is 5.75 Å². The first-order valence-corrected chi connectivity index (χ1v) is 17.0. The molecule has 1 N–H and O–H groups in total. The van der Waals surface area contributed by atoms with Crippen LogP contribution in [-0.2, 0) is 25.8 Å². The molecule has 3 aliphatic rings. The number of benzene rings is 2. The molecule has 6 atom stereocenters. The molecule has 12 heteroatoms. The van der Waals surface area contributed by atoms with E-state index in [0.29, 0.717) is 36.4 Å². The van der Waals surface area contributed by atoms with Crippen molar-refractivity contribution in [2.24, 2.45) is 17.8 Å². The summed E-state index contributed by atoms with van der Waals surface area (Å²) in [6.07, 6.45) is 4.17. The Kier molecular flexibility index (Phi) is 9.38. The van der Waals surface area contributed by atoms with Crippen LogP contribution in [0.3, 0.4) is 0 Å². The van der Waals surface area contributed by atoms with Crippen LogP contribution < -0.4 is 9.64 Å². The SMILES string of the molecule is C=CCN(Cn1nnc2ccccc21)C(=O)C1N([C@@H](CO)C(C)C)C(=O)[C@@H]2[C@H](C(=O)N(CC=C)c3ccc(OCC)cc3)[C@]3(C)CCC12O3. The van der Waals surface area contributed by atoms with Crippen molar-refractivity contribution in [3.63, 3.8) is 0 Å². The smallest absolute Gasteiger partial charge is 0.250 e. The largest absolute Gasteiger partial charge is 0.494 e. The molecule has 6 rings (SSSR count). The van der Waals surface area contributed by atoms with Gasteiger partial charge >= 0.3 is 0 Å². The molecule has 1 spiro atoms. The van der Waals surface area contributed by atoms with E-state index < -0.39 is 35.1 Å². The Morgan fingerprint density at radius 2 is 1.82 bits per heavy atom. The van der Waals surface area contributed by atoms with Crippen LogP contribution in [0.4, 0.5) is 5.69 Å². The Hall–Kier alpha value is -4.55. The highest BCUT2D eigenvalue weighted by atomic mass is 16.5. The van der Waals surface area contributed by atoms with E-state index in [1.807, 2.05) is 64.1 Å². The van der Waals surface area contributed by atoms with Crippen molar-refractivity contribution in [1.82, 2.24) is 24.8 Å². The van der Waals surface area contributed by atoms with E-state index in [2.05, 4.69) is 23.5 Å². The fraction of sp³-hybridized carbons (Fsp3) is 0.486. The number of para-hydroxylation sites is 1. The molecule has 3 amide bonds. The standard InChI is InChI=1S/C37H46N6O6/c1-7-20-40(23-42-28-13-11-10-12-27(28)38-39-42)35(47)32-37-19-18-36(6,49-37)30(31(37)34(46)43(32)29(22-44)24(4)5)33(45)41(21-8-2)25-14-16-26(17-15-25)48-9-3/h7-8,10-17,24,29-32,44H,1-2,9,18-23H2,3-6H3/t29-,30+,31-,32?,36-,37?/m0/s1. The summed E-state index contributed by atoms with van der Waals surface area (Å²) < 4.78 is 14.2. The molecule has 3 saturated heterocycles. The Labute approximate surface area is 286 Å². The summed E-state index contributed by atoms with van der Waals surface area (Å²) >= 11 is 0. The number of hydrogen-bond acceptors (Lipinski definition) is 8. The summed E-state index contributed by atoms with van der Waals surface area (Å²) in [5.74, 6) is -2.31. The fourth-order valence-corrected chi connectivity index (χ4v) is 8.23. The van der Waals surface area contributed by atoms with Crippen LogP contribution >= 0.6 is 0 Å². The van der Waals surface area contributed by atoms with E-state index >= 15 is 0 Å². The lowest BCUT2D eigenvalue weighted by atomic mass is 9.66. The molecule has 4 heterocycles. The highest BCUT2D eigenvalue weighted by Crippen LogP contribution is 2.64. The fourth-order valence-electron chi connectivity index (χ4n) is 8.23. The summed E-state index contributed by atoms with van der Waals surface area (Å²) in [7, 11) is 0. The summed E-state index contributed by atoms with van der Waals surface area (Å²) in [5, 5.41) is 19.2. The first kappa shape index (κ1) is 34.3. The van der Waals surface area contributed by atoms with Crippen LogP contribution in [0.25, 0.3) is 11.0 Å². The van der Waals surface area contributed by atoms with Crippen LogP contribution in [0, 0.1) is 17.8 Å². The van der Waals surface area contributed by atoms with Crippen molar-refractivity contribution < 1.29 is 29.0 Å². The van der Waals surface area contributed by atoms with Gasteiger partial charge in [-0.15, -0.1) is 18.3 Å². The van der Waals surface area contributed by atoms with Crippen LogP contribution in [0.5, 0.6) is 5.75 Å². The first-order valence-electron chi connectivity index (χ1n) is 17.0. The lowest BCUT2D eigenvalue weighted by molar-refractivity contribution is -0.156. The zero-order chi connectivity index (χ0) is 35.1. The summed E-state index contributed by atoms with van der Waals surface area (Å²) in [4.78, 5) is 49.4. The predicted molar refractivity (Wildman–Crippen MR) is 184 cm³/mol. The first-order chi connectivity index (χ1) is 23.5. The number of fused-ring (bicyclic) bond motifs is 2. The number of rotatable bonds is 14. The average molecular weight is 671 g/mol. The Morgan fingerprint density at radius 3 is 2.47 bits per heavy atom. The van der Waals surface area contributed by atoms with Gasteiger partial charge in [-0.1, -0.05) is 43.3 Å². The van der Waals surface area contributed by atoms with Gasteiger partial charge in [0.2, 0.25) is 17.7 Å². The number of hydrogen-bond donors (Lipinski definition) is 1. The quantitative estimate of drug-likeness (QED) is 0.257. The third-order valence-corrected chi connectivity index (χ3v) is 10.5. The second-order valence-electron chi connectivity index (χ2n) is 13.7. The number of amides is 3. The normalized spacial score (nSPS) is 26.2. The lowest BCUT2D eigenvalue weighted by Gasteiger charge is -2.40. The molecule has 2 aromatic carbocycles. The second kappa shape index (κ2) is 13.4. The topological polar surface area (TPSA) is 130 Å². The number of carbonyl (C=O) groups is 3. The minimum Gasteiger partial charge on any atom is -0.494 e. The molecule has 3 aliphatic heterocycles. The number of anilines is 1. The highest BCUT2D eigenvalue weighted by Gasteiger charge is 2.79. The van der Waals surface area contributed by atoms with Gasteiger partial charge in [-0.05, 0) is 69.0 Å². The van der Waals surface area contributed by atoms with Crippen molar-refractivity contribution in [2.75, 3.05) is 31.2 Å². The Morgan fingerprint density at radius 1 is 1.10 bits per heavy atom.